The molecule has 0 fully saturated rings. The number of fused-ring (bicyclic) bond motifs is 1. The van der Waals surface area contributed by atoms with Crippen molar-refractivity contribution < 1.29 is 9.90 Å². The first-order valence-corrected chi connectivity index (χ1v) is 5.61. The molecule has 0 aliphatic heterocycles. The molecule has 0 spiro atoms. The van der Waals surface area contributed by atoms with E-state index in [0.717, 1.165) is 29.4 Å². The van der Waals surface area contributed by atoms with Crippen LogP contribution in [0.3, 0.4) is 0 Å². The third kappa shape index (κ3) is 2.09. The summed E-state index contributed by atoms with van der Waals surface area (Å²) in [5.74, 6) is -0.886. The van der Waals surface area contributed by atoms with Crippen LogP contribution in [0.4, 0.5) is 0 Å². The Labute approximate surface area is 100.0 Å². The zero-order valence-corrected chi connectivity index (χ0v) is 9.81. The summed E-state index contributed by atoms with van der Waals surface area (Å²) in [6, 6.07) is 7.19. The number of carboxylic acids is 1. The van der Waals surface area contributed by atoms with Gasteiger partial charge in [0.15, 0.2) is 0 Å². The van der Waals surface area contributed by atoms with Crippen LogP contribution in [0.25, 0.3) is 10.9 Å². The normalized spacial score (nSPS) is 10.6. The molecular weight excluding hydrogens is 214 g/mol. The average Bonchev–Trinajstić information content (AvgIpc) is 2.72. The van der Waals surface area contributed by atoms with Gasteiger partial charge < -0.3 is 9.67 Å². The van der Waals surface area contributed by atoms with Crippen LogP contribution in [0.15, 0.2) is 42.6 Å². The average molecular weight is 229 g/mol. The molecular formula is C14H15NO2. The second-order valence-corrected chi connectivity index (χ2v) is 4.09. The largest absolute Gasteiger partial charge is 0.478 e. The number of hydrogen-bond donors (Lipinski definition) is 1. The molecule has 2 rings (SSSR count). The van der Waals surface area contributed by atoms with Crippen molar-refractivity contribution in [3.05, 3.63) is 48.2 Å². The Bertz CT molecular complexity index is 581. The molecule has 0 atom stereocenters. The molecule has 1 N–H and O–H groups in total. The third-order valence-electron chi connectivity index (χ3n) is 2.94. The van der Waals surface area contributed by atoms with Crippen molar-refractivity contribution in [1.29, 1.82) is 0 Å². The lowest BCUT2D eigenvalue weighted by Crippen LogP contribution is -2.00. The van der Waals surface area contributed by atoms with Crippen molar-refractivity contribution in [3.63, 3.8) is 0 Å². The predicted molar refractivity (Wildman–Crippen MR) is 68.3 cm³/mol. The van der Waals surface area contributed by atoms with Gasteiger partial charge in [-0.25, -0.2) is 4.79 Å². The molecule has 0 bridgehead atoms. The number of carboxylic acid groups (broad SMARTS) is 1. The summed E-state index contributed by atoms with van der Waals surface area (Å²) in [5, 5.41) is 9.87. The number of aromatic carboxylic acids is 1. The molecule has 17 heavy (non-hydrogen) atoms. The first kappa shape index (κ1) is 11.5. The fourth-order valence-electron chi connectivity index (χ4n) is 1.90. The lowest BCUT2D eigenvalue weighted by molar-refractivity contribution is 0.0699. The second-order valence-electron chi connectivity index (χ2n) is 4.09. The Morgan fingerprint density at radius 3 is 2.82 bits per heavy atom. The highest BCUT2D eigenvalue weighted by Crippen LogP contribution is 2.21. The van der Waals surface area contributed by atoms with Crippen molar-refractivity contribution in [3.8, 4) is 0 Å². The minimum absolute atomic E-state index is 0.350. The Morgan fingerprint density at radius 1 is 1.41 bits per heavy atom. The fourth-order valence-corrected chi connectivity index (χ4v) is 1.90. The van der Waals surface area contributed by atoms with Crippen LogP contribution < -0.4 is 0 Å². The number of allylic oxidation sites excluding steroid dienone is 1. The summed E-state index contributed by atoms with van der Waals surface area (Å²) in [4.78, 5) is 11.1. The fraction of sp³-hybridized carbons (Fsp3) is 0.214. The van der Waals surface area contributed by atoms with Gasteiger partial charge in [-0.1, -0.05) is 25.1 Å². The van der Waals surface area contributed by atoms with Crippen molar-refractivity contribution in [1.82, 2.24) is 4.57 Å². The Balaban J connectivity index is 2.51. The summed E-state index contributed by atoms with van der Waals surface area (Å²) in [5.41, 5.74) is 2.42. The number of aromatic nitrogens is 1. The zero-order chi connectivity index (χ0) is 12.4. The highest BCUT2D eigenvalue weighted by atomic mass is 16.4. The van der Waals surface area contributed by atoms with E-state index in [-0.39, 0.29) is 0 Å². The van der Waals surface area contributed by atoms with E-state index in [2.05, 4.69) is 13.5 Å². The smallest absolute Gasteiger partial charge is 0.336 e. The van der Waals surface area contributed by atoms with Gasteiger partial charge in [-0.05, 0) is 24.6 Å². The molecule has 3 heteroatoms. The van der Waals surface area contributed by atoms with Crippen LogP contribution >= 0.6 is 0 Å². The van der Waals surface area contributed by atoms with Crippen molar-refractivity contribution in [2.24, 2.45) is 0 Å². The quantitative estimate of drug-likeness (QED) is 0.817. The molecule has 1 aromatic carbocycles. The molecule has 0 unspecified atom stereocenters. The molecule has 0 amide bonds. The maximum atomic E-state index is 11.1. The third-order valence-corrected chi connectivity index (χ3v) is 2.94. The molecule has 88 valence electrons. The minimum atomic E-state index is -0.886. The van der Waals surface area contributed by atoms with Crippen molar-refractivity contribution >= 4 is 16.9 Å². The van der Waals surface area contributed by atoms with Crippen LogP contribution in [0.2, 0.25) is 0 Å². The van der Waals surface area contributed by atoms with Crippen LogP contribution in [0, 0.1) is 0 Å². The topological polar surface area (TPSA) is 42.2 Å². The molecule has 0 radical (unpaired) electrons. The SMILES string of the molecule is C=C(CC)Cn1ccc2c(C(=O)O)cccc21. The number of carbonyl (C=O) groups is 1. The summed E-state index contributed by atoms with van der Waals surface area (Å²) in [6.07, 6.45) is 2.84. The van der Waals surface area contributed by atoms with E-state index in [1.807, 2.05) is 22.9 Å². The van der Waals surface area contributed by atoms with Gasteiger partial charge in [-0.3, -0.25) is 0 Å². The minimum Gasteiger partial charge on any atom is -0.478 e. The maximum absolute atomic E-state index is 11.1. The van der Waals surface area contributed by atoms with Crippen LogP contribution in [0.1, 0.15) is 23.7 Å². The molecule has 2 aromatic rings. The molecule has 1 heterocycles. The first-order chi connectivity index (χ1) is 8.13. The molecule has 0 aliphatic carbocycles. The van der Waals surface area contributed by atoms with Crippen molar-refractivity contribution in [2.45, 2.75) is 19.9 Å². The number of rotatable bonds is 4. The lowest BCUT2D eigenvalue weighted by Gasteiger charge is -2.07. The lowest BCUT2D eigenvalue weighted by atomic mass is 10.1. The van der Waals surface area contributed by atoms with Gasteiger partial charge in [0.2, 0.25) is 0 Å². The summed E-state index contributed by atoms with van der Waals surface area (Å²) in [6.45, 7) is 6.78. The highest BCUT2D eigenvalue weighted by Gasteiger charge is 2.10. The van der Waals surface area contributed by atoms with Crippen LogP contribution in [0.5, 0.6) is 0 Å². The van der Waals surface area contributed by atoms with Gasteiger partial charge in [0.05, 0.1) is 5.56 Å². The molecule has 0 aliphatic rings. The number of hydrogen-bond acceptors (Lipinski definition) is 1. The van der Waals surface area contributed by atoms with Crippen LogP contribution in [-0.2, 0) is 6.54 Å². The van der Waals surface area contributed by atoms with Gasteiger partial charge >= 0.3 is 5.97 Å². The van der Waals surface area contributed by atoms with E-state index in [9.17, 15) is 4.79 Å². The van der Waals surface area contributed by atoms with Crippen molar-refractivity contribution in [2.75, 3.05) is 0 Å². The van der Waals surface area contributed by atoms with E-state index in [0.29, 0.717) is 5.56 Å². The van der Waals surface area contributed by atoms with E-state index in [4.69, 9.17) is 5.11 Å². The Kier molecular flexibility index (Phi) is 3.00. The summed E-state index contributed by atoms with van der Waals surface area (Å²) >= 11 is 0. The van der Waals surface area contributed by atoms with E-state index >= 15 is 0 Å². The summed E-state index contributed by atoms with van der Waals surface area (Å²) in [7, 11) is 0. The van der Waals surface area contributed by atoms with Crippen LogP contribution in [-0.4, -0.2) is 15.6 Å². The first-order valence-electron chi connectivity index (χ1n) is 5.61. The van der Waals surface area contributed by atoms with Gasteiger partial charge in [0, 0.05) is 23.6 Å². The second kappa shape index (κ2) is 4.45. The predicted octanol–water partition coefficient (Wildman–Crippen LogP) is 3.31. The van der Waals surface area contributed by atoms with E-state index in [1.54, 1.807) is 12.1 Å². The van der Waals surface area contributed by atoms with Gasteiger partial charge in [0.1, 0.15) is 0 Å². The Hall–Kier alpha value is -2.03. The highest BCUT2D eigenvalue weighted by molar-refractivity contribution is 6.02. The Morgan fingerprint density at radius 2 is 2.18 bits per heavy atom. The number of benzene rings is 1. The van der Waals surface area contributed by atoms with E-state index < -0.39 is 5.97 Å². The maximum Gasteiger partial charge on any atom is 0.336 e. The summed E-state index contributed by atoms with van der Waals surface area (Å²) < 4.78 is 2.04. The van der Waals surface area contributed by atoms with Gasteiger partial charge in [0.25, 0.3) is 0 Å². The molecule has 3 nitrogen and oxygen atoms in total. The van der Waals surface area contributed by atoms with E-state index in [1.165, 1.54) is 0 Å². The molecule has 0 saturated heterocycles. The molecule has 1 aromatic heterocycles. The monoisotopic (exact) mass is 229 g/mol. The zero-order valence-electron chi connectivity index (χ0n) is 9.81. The standard InChI is InChI=1S/C14H15NO2/c1-3-10(2)9-15-8-7-11-12(14(16)17)5-4-6-13(11)15/h4-8H,2-3,9H2,1H3,(H,16,17). The van der Waals surface area contributed by atoms with Gasteiger partial charge in [-0.15, -0.1) is 0 Å². The number of nitrogens with zero attached hydrogens (tertiary/aromatic N) is 1. The van der Waals surface area contributed by atoms with Gasteiger partial charge in [-0.2, -0.15) is 0 Å². The molecule has 0 saturated carbocycles.